The van der Waals surface area contributed by atoms with Crippen molar-refractivity contribution < 1.29 is 4.92 Å². The Morgan fingerprint density at radius 1 is 1.22 bits per heavy atom. The number of aryl methyl sites for hydroxylation is 1. The monoisotopic (exact) mass is 382 g/mol. The van der Waals surface area contributed by atoms with Gasteiger partial charge in [-0.25, -0.2) is 9.97 Å². The Hall–Kier alpha value is -2.54. The third-order valence-corrected chi connectivity index (χ3v) is 6.03. The van der Waals surface area contributed by atoms with E-state index in [0.29, 0.717) is 12.5 Å². The molecule has 3 aromatic rings. The third-order valence-electron chi connectivity index (χ3n) is 5.08. The molecule has 0 unspecified atom stereocenters. The average Bonchev–Trinajstić information content (AvgIpc) is 3.07. The van der Waals surface area contributed by atoms with E-state index >= 15 is 0 Å². The number of nitro groups is 1. The molecular weight excluding hydrogens is 360 g/mol. The van der Waals surface area contributed by atoms with Gasteiger partial charge >= 0.3 is 0 Å². The summed E-state index contributed by atoms with van der Waals surface area (Å²) in [5.41, 5.74) is 0.971. The number of benzene rings is 1. The van der Waals surface area contributed by atoms with Crippen molar-refractivity contribution in [3.63, 3.8) is 0 Å². The number of thiophene rings is 1. The quantitative estimate of drug-likeness (QED) is 0.461. The minimum atomic E-state index is -0.365. The van der Waals surface area contributed by atoms with Crippen LogP contribution in [0.1, 0.15) is 54.3 Å². The summed E-state index contributed by atoms with van der Waals surface area (Å²) in [6.45, 7) is 2.57. The van der Waals surface area contributed by atoms with Gasteiger partial charge in [0, 0.05) is 29.5 Å². The summed E-state index contributed by atoms with van der Waals surface area (Å²) in [7, 11) is 0. The van der Waals surface area contributed by atoms with Crippen LogP contribution < -0.4 is 5.32 Å². The largest absolute Gasteiger partial charge is 0.365 e. The van der Waals surface area contributed by atoms with E-state index in [2.05, 4.69) is 18.3 Å². The molecule has 0 saturated heterocycles. The van der Waals surface area contributed by atoms with E-state index in [1.807, 2.05) is 6.07 Å². The van der Waals surface area contributed by atoms with E-state index < -0.39 is 0 Å². The van der Waals surface area contributed by atoms with E-state index in [0.717, 1.165) is 40.3 Å². The van der Waals surface area contributed by atoms with Gasteiger partial charge in [-0.3, -0.25) is 10.1 Å². The minimum absolute atomic E-state index is 0.108. The first-order valence-electron chi connectivity index (χ1n) is 9.35. The normalized spacial score (nSPS) is 15.1. The number of aromatic nitrogens is 2. The molecule has 1 fully saturated rings. The fourth-order valence-electron chi connectivity index (χ4n) is 3.70. The van der Waals surface area contributed by atoms with E-state index in [4.69, 9.17) is 9.97 Å². The molecule has 4 rings (SSSR count). The topological polar surface area (TPSA) is 81.0 Å². The van der Waals surface area contributed by atoms with Gasteiger partial charge in [0.2, 0.25) is 0 Å². The van der Waals surface area contributed by atoms with E-state index in [1.165, 1.54) is 30.2 Å². The third kappa shape index (κ3) is 3.93. The highest BCUT2D eigenvalue weighted by Gasteiger charge is 2.21. The van der Waals surface area contributed by atoms with Crippen LogP contribution in [0, 0.1) is 17.0 Å². The maximum absolute atomic E-state index is 11.0. The Bertz CT molecular complexity index is 979. The molecule has 0 amide bonds. The zero-order chi connectivity index (χ0) is 18.8. The number of fused-ring (bicyclic) bond motifs is 1. The van der Waals surface area contributed by atoms with Gasteiger partial charge in [-0.1, -0.05) is 31.4 Å². The second-order valence-corrected chi connectivity index (χ2v) is 8.36. The molecule has 2 heterocycles. The highest BCUT2D eigenvalue weighted by Crippen LogP contribution is 2.35. The zero-order valence-electron chi connectivity index (χ0n) is 15.3. The predicted octanol–water partition coefficient (Wildman–Crippen LogP) is 5.57. The molecule has 1 N–H and O–H groups in total. The van der Waals surface area contributed by atoms with Crippen molar-refractivity contribution in [3.05, 3.63) is 56.7 Å². The molecule has 1 aromatic carbocycles. The number of non-ortho nitro benzene ring substituents is 1. The molecule has 6 nitrogen and oxygen atoms in total. The van der Waals surface area contributed by atoms with Crippen LogP contribution in [0.3, 0.4) is 0 Å². The Kier molecular flexibility index (Phi) is 5.03. The molecule has 1 aliphatic rings. The predicted molar refractivity (Wildman–Crippen MR) is 108 cm³/mol. The minimum Gasteiger partial charge on any atom is -0.365 e. The van der Waals surface area contributed by atoms with Crippen molar-refractivity contribution in [2.75, 3.05) is 5.32 Å². The van der Waals surface area contributed by atoms with E-state index in [-0.39, 0.29) is 10.6 Å². The summed E-state index contributed by atoms with van der Waals surface area (Å²) < 4.78 is 0. The lowest BCUT2D eigenvalue weighted by molar-refractivity contribution is -0.384. The molecule has 1 aliphatic carbocycles. The Morgan fingerprint density at radius 3 is 2.81 bits per heavy atom. The maximum Gasteiger partial charge on any atom is 0.269 e. The summed E-state index contributed by atoms with van der Waals surface area (Å²) in [5.74, 6) is 2.20. The summed E-state index contributed by atoms with van der Waals surface area (Å²) in [4.78, 5) is 22.6. The molecule has 140 valence electrons. The first kappa shape index (κ1) is 17.9. The van der Waals surface area contributed by atoms with Crippen molar-refractivity contribution in [2.24, 2.45) is 0 Å². The van der Waals surface area contributed by atoms with Crippen LogP contribution in [0.5, 0.6) is 0 Å². The van der Waals surface area contributed by atoms with Gasteiger partial charge in [-0.2, -0.15) is 0 Å². The number of hydrogen-bond acceptors (Lipinski definition) is 6. The smallest absolute Gasteiger partial charge is 0.269 e. The second-order valence-electron chi connectivity index (χ2n) is 7.12. The molecular formula is C20H22N4O2S. The van der Waals surface area contributed by atoms with Gasteiger partial charge in [0.05, 0.1) is 10.3 Å². The Labute approximate surface area is 161 Å². The van der Waals surface area contributed by atoms with Crippen LogP contribution in [0.15, 0.2) is 30.3 Å². The van der Waals surface area contributed by atoms with Crippen molar-refractivity contribution in [2.45, 2.75) is 51.5 Å². The summed E-state index contributed by atoms with van der Waals surface area (Å²) in [6.07, 6.45) is 6.09. The molecule has 0 radical (unpaired) electrons. The van der Waals surface area contributed by atoms with E-state index in [1.54, 1.807) is 23.5 Å². The van der Waals surface area contributed by atoms with Crippen molar-refractivity contribution in [1.29, 1.82) is 0 Å². The lowest BCUT2D eigenvalue weighted by Gasteiger charge is -2.21. The molecule has 0 spiro atoms. The fraction of sp³-hybridized carbons (Fsp3) is 0.400. The van der Waals surface area contributed by atoms with E-state index in [9.17, 15) is 10.1 Å². The van der Waals surface area contributed by atoms with Crippen LogP contribution in [-0.2, 0) is 6.54 Å². The number of rotatable bonds is 5. The standard InChI is InChI=1S/C20H22N4O2S/c1-13-10-17-19(21-12-14-6-5-9-16(11-14)24(25)26)22-18(23-20(17)27-13)15-7-3-2-4-8-15/h5-6,9-11,15H,2-4,7-8,12H2,1H3,(H,21,22,23). The highest BCUT2D eigenvalue weighted by atomic mass is 32.1. The number of hydrogen-bond donors (Lipinski definition) is 1. The molecule has 0 aliphatic heterocycles. The second kappa shape index (κ2) is 7.60. The zero-order valence-corrected chi connectivity index (χ0v) is 16.1. The van der Waals surface area contributed by atoms with Crippen LogP contribution in [-0.4, -0.2) is 14.9 Å². The van der Waals surface area contributed by atoms with Gasteiger partial charge in [-0.05, 0) is 31.4 Å². The number of nitro benzene ring substituents is 1. The van der Waals surface area contributed by atoms with Gasteiger partial charge < -0.3 is 5.32 Å². The molecule has 2 aromatic heterocycles. The summed E-state index contributed by atoms with van der Waals surface area (Å²) >= 11 is 1.69. The number of nitrogens with one attached hydrogen (secondary N) is 1. The number of anilines is 1. The van der Waals surface area contributed by atoms with Crippen molar-refractivity contribution in [3.8, 4) is 0 Å². The van der Waals surface area contributed by atoms with Crippen LogP contribution in [0.2, 0.25) is 0 Å². The van der Waals surface area contributed by atoms with Gasteiger partial charge in [0.15, 0.2) is 0 Å². The first-order chi connectivity index (χ1) is 13.1. The molecule has 7 heteroatoms. The number of nitrogens with zero attached hydrogens (tertiary/aromatic N) is 3. The van der Waals surface area contributed by atoms with Crippen LogP contribution >= 0.6 is 11.3 Å². The van der Waals surface area contributed by atoms with Crippen LogP contribution in [0.25, 0.3) is 10.2 Å². The van der Waals surface area contributed by atoms with Crippen molar-refractivity contribution in [1.82, 2.24) is 9.97 Å². The molecule has 0 bridgehead atoms. The van der Waals surface area contributed by atoms with Gasteiger partial charge in [-0.15, -0.1) is 11.3 Å². The molecule has 27 heavy (non-hydrogen) atoms. The molecule has 1 saturated carbocycles. The SMILES string of the molecule is Cc1cc2c(NCc3cccc([N+](=O)[O-])c3)nc(C3CCCCC3)nc2s1. The van der Waals surface area contributed by atoms with Gasteiger partial charge in [0.1, 0.15) is 16.5 Å². The van der Waals surface area contributed by atoms with Crippen LogP contribution in [0.4, 0.5) is 11.5 Å². The van der Waals surface area contributed by atoms with Crippen molar-refractivity contribution >= 4 is 33.1 Å². The lowest BCUT2D eigenvalue weighted by Crippen LogP contribution is -2.11. The average molecular weight is 382 g/mol. The first-order valence-corrected chi connectivity index (χ1v) is 10.2. The van der Waals surface area contributed by atoms with Gasteiger partial charge in [0.25, 0.3) is 5.69 Å². The fourth-order valence-corrected chi connectivity index (χ4v) is 4.59. The lowest BCUT2D eigenvalue weighted by atomic mass is 9.89. The Morgan fingerprint density at radius 2 is 2.04 bits per heavy atom. The molecule has 0 atom stereocenters. The Balaban J connectivity index is 1.63. The maximum atomic E-state index is 11.0. The highest BCUT2D eigenvalue weighted by molar-refractivity contribution is 7.18. The summed E-state index contributed by atoms with van der Waals surface area (Å²) in [6, 6.07) is 8.83. The summed E-state index contributed by atoms with van der Waals surface area (Å²) in [5, 5.41) is 15.4.